The minimum atomic E-state index is -0.921. The van der Waals surface area contributed by atoms with E-state index < -0.39 is 11.9 Å². The van der Waals surface area contributed by atoms with Gasteiger partial charge in [0.15, 0.2) is 0 Å². The molecule has 166 valence electrons. The second-order valence-corrected chi connectivity index (χ2v) is 8.62. The Kier molecular flexibility index (Phi) is 8.47. The minimum absolute atomic E-state index is 0.0865. The van der Waals surface area contributed by atoms with E-state index in [1.54, 1.807) is 42.5 Å². The van der Waals surface area contributed by atoms with Gasteiger partial charge in [0.25, 0.3) is 0 Å². The first-order valence-corrected chi connectivity index (χ1v) is 11.5. The molecule has 1 aliphatic carbocycles. The van der Waals surface area contributed by atoms with Crippen LogP contribution >= 0.6 is 34.8 Å². The van der Waals surface area contributed by atoms with Gasteiger partial charge in [-0.05, 0) is 48.7 Å². The summed E-state index contributed by atoms with van der Waals surface area (Å²) in [6.07, 6.45) is 5.19. The number of halogens is 3. The molecule has 8 heteroatoms. The van der Waals surface area contributed by atoms with E-state index in [2.05, 4.69) is 5.32 Å². The maximum Gasteiger partial charge on any atom is 0.248 e. The van der Waals surface area contributed by atoms with Crippen molar-refractivity contribution in [1.82, 2.24) is 5.32 Å². The number of alkyl halides is 1. The van der Waals surface area contributed by atoms with E-state index in [1.165, 1.54) is 18.4 Å². The van der Waals surface area contributed by atoms with Crippen molar-refractivity contribution in [2.24, 2.45) is 0 Å². The van der Waals surface area contributed by atoms with E-state index in [-0.39, 0.29) is 17.8 Å². The van der Waals surface area contributed by atoms with Crippen molar-refractivity contribution in [3.05, 3.63) is 58.1 Å². The lowest BCUT2D eigenvalue weighted by molar-refractivity contribution is -0.126. The average molecular weight is 484 g/mol. The maximum atomic E-state index is 13.5. The zero-order chi connectivity index (χ0) is 22.4. The minimum Gasteiger partial charge on any atom is -0.495 e. The van der Waals surface area contributed by atoms with Gasteiger partial charge in [0.1, 0.15) is 17.7 Å². The molecule has 0 aliphatic heterocycles. The van der Waals surface area contributed by atoms with Crippen LogP contribution in [0.1, 0.15) is 43.7 Å². The predicted molar refractivity (Wildman–Crippen MR) is 125 cm³/mol. The number of nitrogens with zero attached hydrogens (tertiary/aromatic N) is 1. The first kappa shape index (κ1) is 23.7. The van der Waals surface area contributed by atoms with E-state index in [1.807, 2.05) is 0 Å². The highest BCUT2D eigenvalue weighted by atomic mass is 35.5. The molecule has 5 nitrogen and oxygen atoms in total. The van der Waals surface area contributed by atoms with Gasteiger partial charge in [-0.3, -0.25) is 14.5 Å². The molecule has 0 aromatic heterocycles. The van der Waals surface area contributed by atoms with Crippen molar-refractivity contribution in [1.29, 1.82) is 0 Å². The number of amides is 2. The van der Waals surface area contributed by atoms with E-state index in [0.29, 0.717) is 27.0 Å². The SMILES string of the molecule is COc1ccc(N(C(=O)CCl)[C@@H](C(=O)NC2CCCCC2)c2ccc(Cl)cc2)cc1Cl. The molecule has 0 radical (unpaired) electrons. The smallest absolute Gasteiger partial charge is 0.248 e. The van der Waals surface area contributed by atoms with Crippen molar-refractivity contribution in [3.8, 4) is 5.75 Å². The van der Waals surface area contributed by atoms with Gasteiger partial charge in [0.05, 0.1) is 12.1 Å². The molecule has 2 amide bonds. The van der Waals surface area contributed by atoms with Gasteiger partial charge in [0, 0.05) is 16.8 Å². The Morgan fingerprint density at radius 2 is 1.77 bits per heavy atom. The van der Waals surface area contributed by atoms with Crippen LogP contribution in [0.2, 0.25) is 10.0 Å². The Balaban J connectivity index is 2.04. The molecule has 3 rings (SSSR count). The molecule has 0 spiro atoms. The Labute approximate surface area is 197 Å². The van der Waals surface area contributed by atoms with E-state index >= 15 is 0 Å². The fraction of sp³-hybridized carbons (Fsp3) is 0.391. The first-order valence-electron chi connectivity index (χ1n) is 10.2. The maximum absolute atomic E-state index is 13.5. The van der Waals surface area contributed by atoms with Gasteiger partial charge in [0.2, 0.25) is 11.8 Å². The summed E-state index contributed by atoms with van der Waals surface area (Å²) in [5.41, 5.74) is 1.08. The fourth-order valence-electron chi connectivity index (χ4n) is 3.90. The molecule has 0 saturated heterocycles. The highest BCUT2D eigenvalue weighted by Gasteiger charge is 2.34. The molecule has 2 aromatic carbocycles. The molecule has 0 unspecified atom stereocenters. The largest absolute Gasteiger partial charge is 0.495 e. The lowest BCUT2D eigenvalue weighted by Crippen LogP contribution is -2.47. The summed E-state index contributed by atoms with van der Waals surface area (Å²) in [4.78, 5) is 27.9. The van der Waals surface area contributed by atoms with Gasteiger partial charge >= 0.3 is 0 Å². The molecule has 1 aliphatic rings. The molecule has 0 bridgehead atoms. The zero-order valence-corrected chi connectivity index (χ0v) is 19.5. The topological polar surface area (TPSA) is 58.6 Å². The number of hydrogen-bond acceptors (Lipinski definition) is 3. The fourth-order valence-corrected chi connectivity index (χ4v) is 4.40. The summed E-state index contributed by atoms with van der Waals surface area (Å²) >= 11 is 18.3. The lowest BCUT2D eigenvalue weighted by atomic mass is 9.94. The number of anilines is 1. The van der Waals surface area contributed by atoms with E-state index in [0.717, 1.165) is 25.7 Å². The number of ether oxygens (including phenoxy) is 1. The predicted octanol–water partition coefficient (Wildman–Crippen LogP) is 5.76. The number of hydrogen-bond donors (Lipinski definition) is 1. The highest BCUT2D eigenvalue weighted by Crippen LogP contribution is 2.34. The molecule has 1 fully saturated rings. The van der Waals surface area contributed by atoms with Crippen LogP contribution in [0.15, 0.2) is 42.5 Å². The van der Waals surface area contributed by atoms with E-state index in [9.17, 15) is 9.59 Å². The molecule has 31 heavy (non-hydrogen) atoms. The monoisotopic (exact) mass is 482 g/mol. The highest BCUT2D eigenvalue weighted by molar-refractivity contribution is 6.33. The normalized spacial score (nSPS) is 15.2. The number of rotatable bonds is 7. The molecule has 1 N–H and O–H groups in total. The quantitative estimate of drug-likeness (QED) is 0.509. The summed E-state index contributed by atoms with van der Waals surface area (Å²) in [5.74, 6) is -0.496. The number of carbonyl (C=O) groups is 2. The molecular weight excluding hydrogens is 459 g/mol. The summed E-state index contributed by atoms with van der Waals surface area (Å²) < 4.78 is 5.22. The third-order valence-corrected chi connectivity index (χ3v) is 6.22. The van der Waals surface area contributed by atoms with Crippen LogP contribution in [0, 0.1) is 0 Å². The van der Waals surface area contributed by atoms with Gasteiger partial charge in [-0.25, -0.2) is 0 Å². The Hall–Kier alpha value is -1.95. The summed E-state index contributed by atoms with van der Waals surface area (Å²) in [5, 5.41) is 4.00. The van der Waals surface area contributed by atoms with Gasteiger partial charge in [-0.2, -0.15) is 0 Å². The Morgan fingerprint density at radius 3 is 2.35 bits per heavy atom. The number of methoxy groups -OCH3 is 1. The number of benzene rings is 2. The first-order chi connectivity index (χ1) is 14.9. The van der Waals surface area contributed by atoms with Gasteiger partial charge in [-0.15, -0.1) is 11.6 Å². The van der Waals surface area contributed by atoms with Crippen LogP contribution in [-0.2, 0) is 9.59 Å². The van der Waals surface area contributed by atoms with Gasteiger partial charge < -0.3 is 10.1 Å². The van der Waals surface area contributed by atoms with Crippen molar-refractivity contribution in [3.63, 3.8) is 0 Å². The molecular formula is C23H25Cl3N2O3. The van der Waals surface area contributed by atoms with Crippen LogP contribution in [0.5, 0.6) is 5.75 Å². The van der Waals surface area contributed by atoms with Gasteiger partial charge in [-0.1, -0.05) is 54.6 Å². The van der Waals surface area contributed by atoms with Crippen LogP contribution in [0.3, 0.4) is 0 Å². The molecule has 2 aromatic rings. The van der Waals surface area contributed by atoms with Crippen LogP contribution < -0.4 is 15.0 Å². The summed E-state index contributed by atoms with van der Waals surface area (Å²) in [6.45, 7) is 0. The molecule has 0 heterocycles. The van der Waals surface area contributed by atoms with Crippen LogP contribution in [0.25, 0.3) is 0 Å². The third-order valence-electron chi connectivity index (χ3n) is 5.44. The second-order valence-electron chi connectivity index (χ2n) is 7.51. The molecule has 1 saturated carbocycles. The average Bonchev–Trinajstić information content (AvgIpc) is 2.78. The molecule has 1 atom stereocenters. The zero-order valence-electron chi connectivity index (χ0n) is 17.2. The number of carbonyl (C=O) groups excluding carboxylic acids is 2. The lowest BCUT2D eigenvalue weighted by Gasteiger charge is -2.33. The summed E-state index contributed by atoms with van der Waals surface area (Å²) in [7, 11) is 1.51. The second kappa shape index (κ2) is 11.1. The van der Waals surface area contributed by atoms with Crippen molar-refractivity contribution < 1.29 is 14.3 Å². The standard InChI is InChI=1S/C23H25Cl3N2O3/c1-31-20-12-11-18(13-19(20)26)28(21(29)14-24)22(15-7-9-16(25)10-8-15)23(30)27-17-5-3-2-4-6-17/h7-13,17,22H,2-6,14H2,1H3,(H,27,30)/t22-/m1/s1. The van der Waals surface area contributed by atoms with Crippen molar-refractivity contribution in [2.75, 3.05) is 17.9 Å². The van der Waals surface area contributed by atoms with Crippen LogP contribution in [-0.4, -0.2) is 30.8 Å². The van der Waals surface area contributed by atoms with Crippen molar-refractivity contribution >= 4 is 52.3 Å². The van der Waals surface area contributed by atoms with Crippen molar-refractivity contribution in [2.45, 2.75) is 44.2 Å². The van der Waals surface area contributed by atoms with Crippen LogP contribution in [0.4, 0.5) is 5.69 Å². The third kappa shape index (κ3) is 5.85. The summed E-state index contributed by atoms with van der Waals surface area (Å²) in [6, 6.07) is 11.0. The van der Waals surface area contributed by atoms with E-state index in [4.69, 9.17) is 39.5 Å². The Bertz CT molecular complexity index is 915. The number of nitrogens with one attached hydrogen (secondary N) is 1. The Morgan fingerprint density at radius 1 is 1.10 bits per heavy atom.